The van der Waals surface area contributed by atoms with Gasteiger partial charge in [-0.15, -0.1) is 0 Å². The molecule has 0 saturated carbocycles. The molecular formula is C22H20Cl2INO3. The summed E-state index contributed by atoms with van der Waals surface area (Å²) in [4.78, 5) is 14.5. The van der Waals surface area contributed by atoms with E-state index in [0.717, 1.165) is 31.7 Å². The first-order chi connectivity index (χ1) is 13.7. The minimum absolute atomic E-state index is 0.110. The van der Waals surface area contributed by atoms with Crippen molar-refractivity contribution in [1.29, 1.82) is 0 Å². The summed E-state index contributed by atoms with van der Waals surface area (Å²) >= 11 is 15.0. The number of hydrogen-bond donors (Lipinski definition) is 0. The summed E-state index contributed by atoms with van der Waals surface area (Å²) in [6, 6.07) is 11.6. The summed E-state index contributed by atoms with van der Waals surface area (Å²) in [5, 5.41) is 1.16. The maximum atomic E-state index is 12.8. The summed E-state index contributed by atoms with van der Waals surface area (Å²) in [7, 11) is 0. The molecule has 1 amide bonds. The zero-order chi connectivity index (χ0) is 20.9. The lowest BCUT2D eigenvalue weighted by Gasteiger charge is -2.37. The van der Waals surface area contributed by atoms with E-state index in [1.54, 1.807) is 17.9 Å². The zero-order valence-electron chi connectivity index (χ0n) is 16.3. The number of ether oxygens (including phenoxy) is 2. The van der Waals surface area contributed by atoms with Gasteiger partial charge in [0.2, 0.25) is 0 Å². The van der Waals surface area contributed by atoms with Crippen LogP contribution in [0.5, 0.6) is 5.75 Å². The minimum Gasteiger partial charge on any atom is -0.481 e. The quantitative estimate of drug-likeness (QED) is 0.394. The number of carbonyl (C=O) groups is 1. The largest absolute Gasteiger partial charge is 0.481 e. The van der Waals surface area contributed by atoms with Gasteiger partial charge in [0.15, 0.2) is 0 Å². The molecule has 152 valence electrons. The standard InChI is InChI=1S/C22H20Cl2INO3/c1-4-28-21(27)26-11-16(14-7-5-12(23)9-17(14)24)19-15-8-6-13(25)10-18(15)29-22(2,3)20(19)26/h5-10,16H,4,11H2,1-3H3. The van der Waals surface area contributed by atoms with Crippen LogP contribution in [0.4, 0.5) is 4.79 Å². The third-order valence-electron chi connectivity index (χ3n) is 5.23. The van der Waals surface area contributed by atoms with Crippen molar-refractivity contribution >= 4 is 57.5 Å². The second kappa shape index (κ2) is 7.67. The molecule has 2 aromatic carbocycles. The highest BCUT2D eigenvalue weighted by atomic mass is 127. The van der Waals surface area contributed by atoms with Gasteiger partial charge in [0.05, 0.1) is 12.3 Å². The molecule has 2 aromatic rings. The molecule has 7 heteroatoms. The fourth-order valence-electron chi connectivity index (χ4n) is 4.17. The van der Waals surface area contributed by atoms with E-state index in [0.29, 0.717) is 23.2 Å². The molecule has 0 aromatic heterocycles. The first-order valence-electron chi connectivity index (χ1n) is 9.35. The summed E-state index contributed by atoms with van der Waals surface area (Å²) in [5.41, 5.74) is 3.07. The second-order valence-corrected chi connectivity index (χ2v) is 9.63. The number of benzene rings is 2. The number of amides is 1. The average Bonchev–Trinajstić information content (AvgIpc) is 3.03. The summed E-state index contributed by atoms with van der Waals surface area (Å²) < 4.78 is 12.8. The predicted molar refractivity (Wildman–Crippen MR) is 124 cm³/mol. The van der Waals surface area contributed by atoms with E-state index in [9.17, 15) is 4.79 Å². The van der Waals surface area contributed by atoms with E-state index in [1.807, 2.05) is 44.2 Å². The van der Waals surface area contributed by atoms with Crippen LogP contribution in [-0.4, -0.2) is 29.7 Å². The highest BCUT2D eigenvalue weighted by Gasteiger charge is 2.48. The van der Waals surface area contributed by atoms with Gasteiger partial charge in [-0.2, -0.15) is 0 Å². The van der Waals surface area contributed by atoms with Gasteiger partial charge in [-0.25, -0.2) is 4.79 Å². The molecule has 29 heavy (non-hydrogen) atoms. The number of halogens is 3. The van der Waals surface area contributed by atoms with Crippen LogP contribution >= 0.6 is 45.8 Å². The van der Waals surface area contributed by atoms with Gasteiger partial charge in [-0.1, -0.05) is 29.3 Å². The van der Waals surface area contributed by atoms with Crippen LogP contribution in [0, 0.1) is 3.57 Å². The molecule has 2 heterocycles. The van der Waals surface area contributed by atoms with Gasteiger partial charge in [0.25, 0.3) is 0 Å². The van der Waals surface area contributed by atoms with Crippen molar-refractivity contribution in [1.82, 2.24) is 4.90 Å². The Kier molecular flexibility index (Phi) is 5.51. The predicted octanol–water partition coefficient (Wildman–Crippen LogP) is 6.74. The van der Waals surface area contributed by atoms with Crippen LogP contribution in [0.15, 0.2) is 42.1 Å². The van der Waals surface area contributed by atoms with Gasteiger partial charge < -0.3 is 9.47 Å². The first kappa shape index (κ1) is 20.8. The van der Waals surface area contributed by atoms with Crippen molar-refractivity contribution in [2.24, 2.45) is 0 Å². The van der Waals surface area contributed by atoms with Crippen LogP contribution in [0.3, 0.4) is 0 Å². The Hall–Kier alpha value is -1.44. The van der Waals surface area contributed by atoms with Crippen molar-refractivity contribution in [2.45, 2.75) is 32.3 Å². The van der Waals surface area contributed by atoms with Crippen molar-refractivity contribution < 1.29 is 14.3 Å². The summed E-state index contributed by atoms with van der Waals surface area (Å²) in [6.45, 7) is 6.49. The highest BCUT2D eigenvalue weighted by Crippen LogP contribution is 2.53. The molecule has 2 aliphatic heterocycles. The van der Waals surface area contributed by atoms with Gasteiger partial charge in [0, 0.05) is 31.6 Å². The topological polar surface area (TPSA) is 38.8 Å². The number of rotatable bonds is 2. The Labute approximate surface area is 193 Å². The molecule has 1 unspecified atom stereocenters. The van der Waals surface area contributed by atoms with Gasteiger partial charge in [-0.3, -0.25) is 4.90 Å². The SMILES string of the molecule is CCOC(=O)N1CC(c2ccc(Cl)cc2Cl)C2=C1C(C)(C)Oc1cc(I)ccc12. The molecular weight excluding hydrogens is 524 g/mol. The lowest BCUT2D eigenvalue weighted by Crippen LogP contribution is -2.43. The molecule has 4 rings (SSSR count). The lowest BCUT2D eigenvalue weighted by atomic mass is 9.83. The van der Waals surface area contributed by atoms with Crippen LogP contribution < -0.4 is 4.74 Å². The van der Waals surface area contributed by atoms with Crippen molar-refractivity contribution in [3.8, 4) is 5.75 Å². The number of nitrogens with zero attached hydrogens (tertiary/aromatic N) is 1. The number of fused-ring (bicyclic) bond motifs is 2. The maximum Gasteiger partial charge on any atom is 0.414 e. The monoisotopic (exact) mass is 543 g/mol. The van der Waals surface area contributed by atoms with Crippen LogP contribution in [-0.2, 0) is 4.74 Å². The third kappa shape index (κ3) is 3.62. The Bertz CT molecular complexity index is 1030. The first-order valence-corrected chi connectivity index (χ1v) is 11.2. The molecule has 0 aliphatic carbocycles. The van der Waals surface area contributed by atoms with E-state index < -0.39 is 5.60 Å². The fraction of sp³-hybridized carbons (Fsp3) is 0.318. The maximum absolute atomic E-state index is 12.8. The lowest BCUT2D eigenvalue weighted by molar-refractivity contribution is 0.0844. The van der Waals surface area contributed by atoms with Crippen molar-refractivity contribution in [3.63, 3.8) is 0 Å². The third-order valence-corrected chi connectivity index (χ3v) is 6.47. The van der Waals surface area contributed by atoms with Crippen LogP contribution in [0.25, 0.3) is 5.57 Å². The molecule has 0 bridgehead atoms. The zero-order valence-corrected chi connectivity index (χ0v) is 19.9. The van der Waals surface area contributed by atoms with Gasteiger partial charge in [-0.05, 0) is 84.8 Å². The normalized spacial score (nSPS) is 19.5. The molecule has 0 spiro atoms. The Morgan fingerprint density at radius 2 is 2.03 bits per heavy atom. The van der Waals surface area contributed by atoms with Crippen LogP contribution in [0.2, 0.25) is 10.0 Å². The molecule has 0 fully saturated rings. The Morgan fingerprint density at radius 1 is 1.28 bits per heavy atom. The number of carbonyl (C=O) groups excluding carboxylic acids is 1. The molecule has 0 radical (unpaired) electrons. The van der Waals surface area contributed by atoms with E-state index >= 15 is 0 Å². The van der Waals surface area contributed by atoms with E-state index in [2.05, 4.69) is 22.6 Å². The molecule has 4 nitrogen and oxygen atoms in total. The molecule has 2 aliphatic rings. The fourth-order valence-corrected chi connectivity index (χ4v) is 5.17. The second-order valence-electron chi connectivity index (χ2n) is 7.54. The van der Waals surface area contributed by atoms with Crippen molar-refractivity contribution in [2.75, 3.05) is 13.2 Å². The molecule has 0 N–H and O–H groups in total. The average molecular weight is 544 g/mol. The summed E-state index contributed by atoms with van der Waals surface area (Å²) in [6.07, 6.45) is -0.377. The Balaban J connectivity index is 1.95. The van der Waals surface area contributed by atoms with E-state index in [4.69, 9.17) is 32.7 Å². The highest BCUT2D eigenvalue weighted by molar-refractivity contribution is 14.1. The number of hydrogen-bond acceptors (Lipinski definition) is 3. The molecule has 1 atom stereocenters. The van der Waals surface area contributed by atoms with Gasteiger partial charge >= 0.3 is 6.09 Å². The van der Waals surface area contributed by atoms with Crippen LogP contribution in [0.1, 0.15) is 37.8 Å². The van der Waals surface area contributed by atoms with E-state index in [-0.39, 0.29) is 12.0 Å². The molecule has 0 saturated heterocycles. The Morgan fingerprint density at radius 3 is 2.72 bits per heavy atom. The minimum atomic E-state index is -0.701. The van der Waals surface area contributed by atoms with E-state index in [1.165, 1.54) is 0 Å². The smallest absolute Gasteiger partial charge is 0.414 e. The van der Waals surface area contributed by atoms with Gasteiger partial charge in [0.1, 0.15) is 11.4 Å². The van der Waals surface area contributed by atoms with Crippen molar-refractivity contribution in [3.05, 3.63) is 66.8 Å². The summed E-state index contributed by atoms with van der Waals surface area (Å²) in [5.74, 6) is 0.697.